The van der Waals surface area contributed by atoms with Crippen molar-refractivity contribution in [2.75, 3.05) is 24.8 Å². The number of ether oxygens (including phenoxy) is 1. The Hall–Kier alpha value is -2.49. The number of hydrogen-bond donors (Lipinski definition) is 1. The first kappa shape index (κ1) is 14.9. The van der Waals surface area contributed by atoms with Crippen molar-refractivity contribution in [2.24, 2.45) is 0 Å². The second kappa shape index (κ2) is 6.79. The number of amides is 1. The van der Waals surface area contributed by atoms with Gasteiger partial charge in [0.05, 0.1) is 7.11 Å². The van der Waals surface area contributed by atoms with Gasteiger partial charge in [-0.3, -0.25) is 4.79 Å². The maximum atomic E-state index is 12.2. The highest BCUT2D eigenvalue weighted by molar-refractivity contribution is 5.93. The van der Waals surface area contributed by atoms with Gasteiger partial charge in [-0.2, -0.15) is 0 Å². The fraction of sp³-hybridized carbons (Fsp3) is 0.235. The van der Waals surface area contributed by atoms with Crippen LogP contribution in [0.1, 0.15) is 12.0 Å². The van der Waals surface area contributed by atoms with Crippen LogP contribution in [0.2, 0.25) is 0 Å². The summed E-state index contributed by atoms with van der Waals surface area (Å²) in [4.78, 5) is 13.9. The van der Waals surface area contributed by atoms with Crippen LogP contribution in [0.25, 0.3) is 0 Å². The van der Waals surface area contributed by atoms with Crippen LogP contribution in [-0.2, 0) is 11.2 Å². The molecular weight excluding hydrogens is 264 g/mol. The van der Waals surface area contributed by atoms with E-state index in [4.69, 9.17) is 10.5 Å². The molecule has 0 aromatic heterocycles. The van der Waals surface area contributed by atoms with Gasteiger partial charge in [0, 0.05) is 30.9 Å². The van der Waals surface area contributed by atoms with Crippen molar-refractivity contribution in [3.8, 4) is 5.75 Å². The Morgan fingerprint density at radius 2 is 1.90 bits per heavy atom. The molecule has 21 heavy (non-hydrogen) atoms. The number of carbonyl (C=O) groups excluding carboxylic acids is 1. The summed E-state index contributed by atoms with van der Waals surface area (Å²) in [5.41, 5.74) is 8.32. The topological polar surface area (TPSA) is 55.6 Å². The fourth-order valence-electron chi connectivity index (χ4n) is 2.07. The first-order chi connectivity index (χ1) is 10.1. The molecule has 2 N–H and O–H groups in total. The van der Waals surface area contributed by atoms with Crippen molar-refractivity contribution < 1.29 is 9.53 Å². The van der Waals surface area contributed by atoms with Gasteiger partial charge in [-0.05, 0) is 36.2 Å². The van der Waals surface area contributed by atoms with E-state index in [1.165, 1.54) is 0 Å². The zero-order valence-electron chi connectivity index (χ0n) is 12.4. The summed E-state index contributed by atoms with van der Waals surface area (Å²) in [5, 5.41) is 0. The maximum Gasteiger partial charge on any atom is 0.227 e. The molecule has 2 aromatic rings. The van der Waals surface area contributed by atoms with Crippen molar-refractivity contribution in [1.82, 2.24) is 0 Å². The van der Waals surface area contributed by atoms with Gasteiger partial charge in [0.25, 0.3) is 0 Å². The second-order valence-electron chi connectivity index (χ2n) is 4.90. The van der Waals surface area contributed by atoms with Gasteiger partial charge in [-0.15, -0.1) is 0 Å². The number of nitrogens with two attached hydrogens (primary N) is 1. The minimum Gasteiger partial charge on any atom is -0.497 e. The number of benzene rings is 2. The number of anilines is 2. The average molecular weight is 284 g/mol. The minimum absolute atomic E-state index is 0.0695. The molecule has 0 saturated heterocycles. The summed E-state index contributed by atoms with van der Waals surface area (Å²) >= 11 is 0. The van der Waals surface area contributed by atoms with E-state index in [0.29, 0.717) is 12.8 Å². The Kier molecular flexibility index (Phi) is 4.82. The van der Waals surface area contributed by atoms with Gasteiger partial charge in [-0.25, -0.2) is 0 Å². The van der Waals surface area contributed by atoms with Gasteiger partial charge < -0.3 is 15.4 Å². The second-order valence-corrected chi connectivity index (χ2v) is 4.90. The third kappa shape index (κ3) is 3.99. The molecule has 0 saturated carbocycles. The van der Waals surface area contributed by atoms with Gasteiger partial charge in [0.15, 0.2) is 0 Å². The summed E-state index contributed by atoms with van der Waals surface area (Å²) < 4.78 is 5.18. The monoisotopic (exact) mass is 284 g/mol. The zero-order chi connectivity index (χ0) is 15.2. The fourth-order valence-corrected chi connectivity index (χ4v) is 2.07. The largest absolute Gasteiger partial charge is 0.497 e. The van der Waals surface area contributed by atoms with Crippen LogP contribution in [0.4, 0.5) is 11.4 Å². The number of nitrogens with zero attached hydrogens (tertiary/aromatic N) is 1. The van der Waals surface area contributed by atoms with Crippen LogP contribution in [0, 0.1) is 0 Å². The highest BCUT2D eigenvalue weighted by Crippen LogP contribution is 2.20. The molecule has 0 aliphatic heterocycles. The summed E-state index contributed by atoms with van der Waals surface area (Å²) in [5.74, 6) is 0.811. The van der Waals surface area contributed by atoms with Crippen molar-refractivity contribution in [2.45, 2.75) is 12.8 Å². The lowest BCUT2D eigenvalue weighted by atomic mass is 10.1. The molecule has 110 valence electrons. The molecule has 0 spiro atoms. The molecule has 4 nitrogen and oxygen atoms in total. The van der Waals surface area contributed by atoms with Gasteiger partial charge in [0.1, 0.15) is 5.75 Å². The minimum atomic E-state index is 0.0695. The van der Waals surface area contributed by atoms with Crippen LogP contribution in [0.3, 0.4) is 0 Å². The molecule has 0 fully saturated rings. The Balaban J connectivity index is 1.97. The van der Waals surface area contributed by atoms with Gasteiger partial charge in [-0.1, -0.05) is 18.2 Å². The van der Waals surface area contributed by atoms with E-state index >= 15 is 0 Å². The molecule has 4 heteroatoms. The number of carbonyl (C=O) groups is 1. The van der Waals surface area contributed by atoms with E-state index in [1.807, 2.05) is 48.5 Å². The molecule has 0 heterocycles. The van der Waals surface area contributed by atoms with E-state index in [0.717, 1.165) is 22.7 Å². The molecule has 1 amide bonds. The lowest BCUT2D eigenvalue weighted by molar-refractivity contribution is -0.118. The van der Waals surface area contributed by atoms with Crippen LogP contribution < -0.4 is 15.4 Å². The Bertz CT molecular complexity index is 608. The molecule has 2 aromatic carbocycles. The predicted molar refractivity (Wildman–Crippen MR) is 85.6 cm³/mol. The van der Waals surface area contributed by atoms with Crippen LogP contribution in [-0.4, -0.2) is 20.1 Å². The van der Waals surface area contributed by atoms with E-state index in [9.17, 15) is 4.79 Å². The number of rotatable bonds is 5. The highest BCUT2D eigenvalue weighted by atomic mass is 16.5. The smallest absolute Gasteiger partial charge is 0.227 e. The Morgan fingerprint density at radius 3 is 2.57 bits per heavy atom. The molecule has 0 aliphatic carbocycles. The van der Waals surface area contributed by atoms with E-state index in [-0.39, 0.29) is 5.91 Å². The van der Waals surface area contributed by atoms with Crippen LogP contribution in [0.5, 0.6) is 5.75 Å². The standard InChI is InChI=1S/C17H20N2O2/c1-19(15-4-3-5-16(12-15)21-2)17(20)11-8-13-6-9-14(18)10-7-13/h3-7,9-10,12H,8,11,18H2,1-2H3. The quantitative estimate of drug-likeness (QED) is 0.859. The molecule has 0 atom stereocenters. The molecule has 0 radical (unpaired) electrons. The molecule has 0 unspecified atom stereocenters. The Morgan fingerprint density at radius 1 is 1.19 bits per heavy atom. The molecular formula is C17H20N2O2. The van der Waals surface area contributed by atoms with Gasteiger partial charge >= 0.3 is 0 Å². The third-order valence-corrected chi connectivity index (χ3v) is 3.42. The third-order valence-electron chi connectivity index (χ3n) is 3.42. The van der Waals surface area contributed by atoms with Crippen molar-refractivity contribution in [3.05, 3.63) is 54.1 Å². The highest BCUT2D eigenvalue weighted by Gasteiger charge is 2.11. The van der Waals surface area contributed by atoms with Gasteiger partial charge in [0.2, 0.25) is 5.91 Å². The van der Waals surface area contributed by atoms with Crippen LogP contribution >= 0.6 is 0 Å². The molecule has 2 rings (SSSR count). The van der Waals surface area contributed by atoms with E-state index < -0.39 is 0 Å². The van der Waals surface area contributed by atoms with E-state index in [2.05, 4.69) is 0 Å². The first-order valence-electron chi connectivity index (χ1n) is 6.85. The summed E-state index contributed by atoms with van der Waals surface area (Å²) in [6, 6.07) is 15.1. The number of aryl methyl sites for hydroxylation is 1. The van der Waals surface area contributed by atoms with Crippen molar-refractivity contribution in [1.29, 1.82) is 0 Å². The van der Waals surface area contributed by atoms with Crippen LogP contribution in [0.15, 0.2) is 48.5 Å². The first-order valence-corrected chi connectivity index (χ1v) is 6.85. The van der Waals surface area contributed by atoms with Crippen molar-refractivity contribution >= 4 is 17.3 Å². The zero-order valence-corrected chi connectivity index (χ0v) is 12.4. The normalized spacial score (nSPS) is 10.2. The number of hydrogen-bond acceptors (Lipinski definition) is 3. The number of methoxy groups -OCH3 is 1. The molecule has 0 aliphatic rings. The summed E-state index contributed by atoms with van der Waals surface area (Å²) in [6.07, 6.45) is 1.16. The predicted octanol–water partition coefficient (Wildman–Crippen LogP) is 2.87. The SMILES string of the molecule is COc1cccc(N(C)C(=O)CCc2ccc(N)cc2)c1. The molecule has 0 bridgehead atoms. The van der Waals surface area contributed by atoms with E-state index in [1.54, 1.807) is 19.1 Å². The maximum absolute atomic E-state index is 12.2. The lowest BCUT2D eigenvalue weighted by Gasteiger charge is -2.18. The Labute approximate surface area is 125 Å². The van der Waals surface area contributed by atoms with Crippen molar-refractivity contribution in [3.63, 3.8) is 0 Å². The number of nitrogen functional groups attached to an aromatic ring is 1. The summed E-state index contributed by atoms with van der Waals surface area (Å²) in [7, 11) is 3.39. The summed E-state index contributed by atoms with van der Waals surface area (Å²) in [6.45, 7) is 0. The average Bonchev–Trinajstić information content (AvgIpc) is 2.53. The lowest BCUT2D eigenvalue weighted by Crippen LogP contribution is -2.26.